The molecule has 3 heteroatoms. The molecule has 0 radical (unpaired) electrons. The van der Waals surface area contributed by atoms with Crippen LogP contribution in [0.4, 0.5) is 0 Å². The zero-order valence-corrected chi connectivity index (χ0v) is 13.5. The highest BCUT2D eigenvalue weighted by Crippen LogP contribution is 2.28. The minimum atomic E-state index is 0.155. The molecular weight excluding hydrogens is 289 g/mol. The lowest BCUT2D eigenvalue weighted by atomic mass is 9.96. The van der Waals surface area contributed by atoms with Crippen molar-refractivity contribution in [1.82, 2.24) is 5.32 Å². The van der Waals surface area contributed by atoms with Crippen LogP contribution in [0.15, 0.2) is 36.4 Å². The van der Waals surface area contributed by atoms with Crippen molar-refractivity contribution in [2.45, 2.75) is 26.3 Å². The Morgan fingerprint density at radius 3 is 2.25 bits per heavy atom. The van der Waals surface area contributed by atoms with Gasteiger partial charge in [0.25, 0.3) is 0 Å². The minimum Gasteiger partial charge on any atom is -0.313 e. The van der Waals surface area contributed by atoms with E-state index in [1.54, 1.807) is 0 Å². The van der Waals surface area contributed by atoms with Gasteiger partial charge in [0.2, 0.25) is 0 Å². The third-order valence-corrected chi connectivity index (χ3v) is 3.98. The predicted octanol–water partition coefficient (Wildman–Crippen LogP) is 5.11. The lowest BCUT2D eigenvalue weighted by molar-refractivity contribution is 0.592. The quantitative estimate of drug-likeness (QED) is 0.827. The Labute approximate surface area is 130 Å². The van der Waals surface area contributed by atoms with Crippen molar-refractivity contribution in [3.05, 3.63) is 68.7 Å². The van der Waals surface area contributed by atoms with Crippen molar-refractivity contribution in [3.8, 4) is 0 Å². The molecule has 0 fully saturated rings. The highest BCUT2D eigenvalue weighted by molar-refractivity contribution is 6.33. The number of rotatable bonds is 4. The van der Waals surface area contributed by atoms with E-state index < -0.39 is 0 Å². The largest absolute Gasteiger partial charge is 0.313 e. The lowest BCUT2D eigenvalue weighted by Crippen LogP contribution is -2.19. The fourth-order valence-electron chi connectivity index (χ4n) is 2.57. The van der Waals surface area contributed by atoms with Gasteiger partial charge in [-0.25, -0.2) is 0 Å². The Balaban J connectivity index is 2.31. The number of aryl methyl sites for hydroxylation is 2. The van der Waals surface area contributed by atoms with Gasteiger partial charge in [-0.3, -0.25) is 0 Å². The Bertz CT molecular complexity index is 588. The van der Waals surface area contributed by atoms with Crippen LogP contribution in [0, 0.1) is 13.8 Å². The van der Waals surface area contributed by atoms with Crippen molar-refractivity contribution in [2.75, 3.05) is 7.05 Å². The fraction of sp³-hybridized carbons (Fsp3) is 0.294. The topological polar surface area (TPSA) is 12.0 Å². The Kier molecular flexibility index (Phi) is 5.09. The molecule has 2 aromatic rings. The smallest absolute Gasteiger partial charge is 0.0454 e. The third kappa shape index (κ3) is 3.76. The Hall–Kier alpha value is -1.02. The van der Waals surface area contributed by atoms with Crippen molar-refractivity contribution >= 4 is 23.2 Å². The second-order valence-electron chi connectivity index (χ2n) is 5.21. The number of benzene rings is 2. The van der Waals surface area contributed by atoms with E-state index in [9.17, 15) is 0 Å². The van der Waals surface area contributed by atoms with Gasteiger partial charge in [0.1, 0.15) is 0 Å². The van der Waals surface area contributed by atoms with Crippen LogP contribution in [0.3, 0.4) is 0 Å². The van der Waals surface area contributed by atoms with E-state index in [0.29, 0.717) is 5.02 Å². The van der Waals surface area contributed by atoms with Gasteiger partial charge in [0.05, 0.1) is 0 Å². The summed E-state index contributed by atoms with van der Waals surface area (Å²) in [5.74, 6) is 0. The molecule has 1 N–H and O–H groups in total. The Morgan fingerprint density at radius 2 is 1.65 bits per heavy atom. The second-order valence-corrected chi connectivity index (χ2v) is 6.05. The molecule has 0 heterocycles. The van der Waals surface area contributed by atoms with E-state index in [0.717, 1.165) is 17.0 Å². The molecule has 1 atom stereocenters. The van der Waals surface area contributed by atoms with E-state index in [-0.39, 0.29) is 6.04 Å². The van der Waals surface area contributed by atoms with Crippen LogP contribution in [-0.4, -0.2) is 7.05 Å². The summed E-state index contributed by atoms with van der Waals surface area (Å²) in [5.41, 5.74) is 4.91. The second kappa shape index (κ2) is 6.62. The molecule has 2 aromatic carbocycles. The van der Waals surface area contributed by atoms with Gasteiger partial charge in [0, 0.05) is 16.1 Å². The van der Waals surface area contributed by atoms with Crippen LogP contribution in [-0.2, 0) is 6.42 Å². The maximum absolute atomic E-state index is 6.30. The molecule has 0 aliphatic carbocycles. The molecule has 0 aromatic heterocycles. The van der Waals surface area contributed by atoms with Gasteiger partial charge in [0.15, 0.2) is 0 Å². The SMILES string of the molecule is CNC(Cc1cc(C)cc(C)c1)c1cc(Cl)ccc1Cl. The Morgan fingerprint density at radius 1 is 1.00 bits per heavy atom. The summed E-state index contributed by atoms with van der Waals surface area (Å²) in [7, 11) is 1.95. The van der Waals surface area contributed by atoms with E-state index in [2.05, 4.69) is 37.4 Å². The number of halogens is 2. The summed E-state index contributed by atoms with van der Waals surface area (Å²) in [5, 5.41) is 4.79. The van der Waals surface area contributed by atoms with Crippen LogP contribution >= 0.6 is 23.2 Å². The van der Waals surface area contributed by atoms with Gasteiger partial charge in [-0.15, -0.1) is 0 Å². The van der Waals surface area contributed by atoms with Gasteiger partial charge < -0.3 is 5.32 Å². The average Bonchev–Trinajstić information content (AvgIpc) is 2.38. The molecule has 2 rings (SSSR count). The molecule has 0 amide bonds. The average molecular weight is 308 g/mol. The molecule has 106 valence electrons. The van der Waals surface area contributed by atoms with Crippen LogP contribution in [0.1, 0.15) is 28.3 Å². The minimum absolute atomic E-state index is 0.155. The van der Waals surface area contributed by atoms with Crippen molar-refractivity contribution in [2.24, 2.45) is 0 Å². The van der Waals surface area contributed by atoms with Crippen molar-refractivity contribution in [3.63, 3.8) is 0 Å². The van der Waals surface area contributed by atoms with Crippen LogP contribution in [0.5, 0.6) is 0 Å². The summed E-state index contributed by atoms with van der Waals surface area (Å²) >= 11 is 12.4. The highest BCUT2D eigenvalue weighted by Gasteiger charge is 2.14. The monoisotopic (exact) mass is 307 g/mol. The normalized spacial score (nSPS) is 12.4. The molecule has 1 nitrogen and oxygen atoms in total. The number of hydrogen-bond donors (Lipinski definition) is 1. The maximum atomic E-state index is 6.30. The van der Waals surface area contributed by atoms with Crippen LogP contribution in [0.2, 0.25) is 10.0 Å². The van der Waals surface area contributed by atoms with Gasteiger partial charge in [-0.2, -0.15) is 0 Å². The first-order chi connectivity index (χ1) is 9.49. The molecule has 0 saturated heterocycles. The zero-order chi connectivity index (χ0) is 14.7. The number of hydrogen-bond acceptors (Lipinski definition) is 1. The lowest BCUT2D eigenvalue weighted by Gasteiger charge is -2.19. The molecule has 0 aliphatic heterocycles. The number of likely N-dealkylation sites (N-methyl/N-ethyl adjacent to an activating group) is 1. The van der Waals surface area contributed by atoms with Crippen molar-refractivity contribution in [1.29, 1.82) is 0 Å². The van der Waals surface area contributed by atoms with Crippen LogP contribution in [0.25, 0.3) is 0 Å². The van der Waals surface area contributed by atoms with Gasteiger partial charge in [-0.1, -0.05) is 52.5 Å². The van der Waals surface area contributed by atoms with E-state index in [4.69, 9.17) is 23.2 Å². The predicted molar refractivity (Wildman–Crippen MR) is 87.9 cm³/mol. The molecule has 0 bridgehead atoms. The summed E-state index contributed by atoms with van der Waals surface area (Å²) in [6, 6.07) is 12.4. The molecule has 1 unspecified atom stereocenters. The van der Waals surface area contributed by atoms with Crippen LogP contribution < -0.4 is 5.32 Å². The first-order valence-electron chi connectivity index (χ1n) is 6.69. The highest BCUT2D eigenvalue weighted by atomic mass is 35.5. The maximum Gasteiger partial charge on any atom is 0.0454 e. The van der Waals surface area contributed by atoms with E-state index in [1.807, 2.05) is 25.2 Å². The molecule has 0 aliphatic rings. The molecule has 0 saturated carbocycles. The van der Waals surface area contributed by atoms with E-state index >= 15 is 0 Å². The van der Waals surface area contributed by atoms with Gasteiger partial charge >= 0.3 is 0 Å². The van der Waals surface area contributed by atoms with Crippen molar-refractivity contribution < 1.29 is 0 Å². The first kappa shape index (κ1) is 15.4. The zero-order valence-electron chi connectivity index (χ0n) is 12.0. The van der Waals surface area contributed by atoms with E-state index in [1.165, 1.54) is 16.7 Å². The molecule has 0 spiro atoms. The first-order valence-corrected chi connectivity index (χ1v) is 7.44. The van der Waals surface area contributed by atoms with Gasteiger partial charge in [-0.05, 0) is 56.6 Å². The molecular formula is C17H19Cl2N. The fourth-order valence-corrected chi connectivity index (χ4v) is 3.00. The summed E-state index contributed by atoms with van der Waals surface area (Å²) in [4.78, 5) is 0. The standard InChI is InChI=1S/C17H19Cl2N/c1-11-6-12(2)8-13(7-11)9-17(20-3)15-10-14(18)4-5-16(15)19/h4-8,10,17,20H,9H2,1-3H3. The summed E-state index contributed by atoms with van der Waals surface area (Å²) in [6.07, 6.45) is 0.888. The third-order valence-electron chi connectivity index (χ3n) is 3.40. The molecule has 20 heavy (non-hydrogen) atoms. The summed E-state index contributed by atoms with van der Waals surface area (Å²) in [6.45, 7) is 4.24. The summed E-state index contributed by atoms with van der Waals surface area (Å²) < 4.78 is 0. The number of nitrogens with one attached hydrogen (secondary N) is 1.